The molecule has 0 saturated heterocycles. The van der Waals surface area contributed by atoms with Gasteiger partial charge in [0.1, 0.15) is 17.1 Å². The lowest BCUT2D eigenvalue weighted by molar-refractivity contribution is 0.0944. The lowest BCUT2D eigenvalue weighted by Gasteiger charge is -2.07. The fraction of sp³-hybridized carbons (Fsp3) is 0.222. The Labute approximate surface area is 144 Å². The molecule has 1 aromatic carbocycles. The first-order chi connectivity index (χ1) is 11.6. The van der Waals surface area contributed by atoms with Crippen LogP contribution in [0.3, 0.4) is 0 Å². The molecule has 0 fully saturated rings. The quantitative estimate of drug-likeness (QED) is 0.796. The number of hydrogen-bond acceptors (Lipinski definition) is 3. The smallest absolute Gasteiger partial charge is 0.270 e. The van der Waals surface area contributed by atoms with Crippen LogP contribution in [0.25, 0.3) is 5.65 Å². The van der Waals surface area contributed by atoms with Gasteiger partial charge in [-0.15, -0.1) is 0 Å². The predicted octanol–water partition coefficient (Wildman–Crippen LogP) is 3.16. The maximum atomic E-state index is 12.6. The van der Waals surface area contributed by atoms with Gasteiger partial charge in [-0.1, -0.05) is 23.7 Å². The van der Waals surface area contributed by atoms with Crippen molar-refractivity contribution in [1.82, 2.24) is 14.7 Å². The number of amides is 1. The highest BCUT2D eigenvalue weighted by molar-refractivity contribution is 6.30. The fourth-order valence-corrected chi connectivity index (χ4v) is 3.18. The van der Waals surface area contributed by atoms with Crippen LogP contribution in [-0.2, 0) is 13.0 Å². The number of carbonyl (C=O) groups excluding carboxylic acids is 1. The highest BCUT2D eigenvalue weighted by Crippen LogP contribution is 2.25. The molecule has 0 atom stereocenters. The van der Waals surface area contributed by atoms with E-state index in [0.717, 1.165) is 24.3 Å². The first-order valence-corrected chi connectivity index (χ1v) is 8.16. The summed E-state index contributed by atoms with van der Waals surface area (Å²) in [5.74, 6) is 0.790. The summed E-state index contributed by atoms with van der Waals surface area (Å²) in [6, 6.07) is 9.51. The minimum absolute atomic E-state index is 0.154. The summed E-state index contributed by atoms with van der Waals surface area (Å²) in [5.41, 5.74) is 4.13. The highest BCUT2D eigenvalue weighted by Gasteiger charge is 2.17. The second kappa shape index (κ2) is 5.83. The second-order valence-electron chi connectivity index (χ2n) is 5.84. The van der Waals surface area contributed by atoms with Gasteiger partial charge >= 0.3 is 0 Å². The summed E-state index contributed by atoms with van der Waals surface area (Å²) in [5, 5.41) is 3.56. The Kier molecular flexibility index (Phi) is 3.65. The van der Waals surface area contributed by atoms with E-state index in [0.29, 0.717) is 28.6 Å². The molecule has 0 saturated carbocycles. The Morgan fingerprint density at radius 2 is 2.25 bits per heavy atom. The number of imidazole rings is 1. The normalized spacial score (nSPS) is 12.9. The number of fused-ring (bicyclic) bond motifs is 2. The predicted molar refractivity (Wildman–Crippen MR) is 91.8 cm³/mol. The summed E-state index contributed by atoms with van der Waals surface area (Å²) in [7, 11) is 0. The Morgan fingerprint density at radius 3 is 3.12 bits per heavy atom. The number of benzene rings is 1. The van der Waals surface area contributed by atoms with E-state index < -0.39 is 0 Å². The van der Waals surface area contributed by atoms with Crippen molar-refractivity contribution in [2.24, 2.45) is 0 Å². The molecule has 6 heteroatoms. The molecule has 122 valence electrons. The third kappa shape index (κ3) is 2.61. The first kappa shape index (κ1) is 15.0. The van der Waals surface area contributed by atoms with Gasteiger partial charge in [0.2, 0.25) is 0 Å². The van der Waals surface area contributed by atoms with Crippen LogP contribution in [0.2, 0.25) is 5.02 Å². The molecule has 0 spiro atoms. The molecule has 1 aliphatic heterocycles. The highest BCUT2D eigenvalue weighted by atomic mass is 35.5. The van der Waals surface area contributed by atoms with Crippen LogP contribution in [0.15, 0.2) is 36.5 Å². The molecule has 0 aliphatic carbocycles. The molecule has 0 unspecified atom stereocenters. The number of pyridine rings is 1. The topological polar surface area (TPSA) is 55.6 Å². The van der Waals surface area contributed by atoms with Crippen molar-refractivity contribution in [3.63, 3.8) is 0 Å². The lowest BCUT2D eigenvalue weighted by atomic mass is 10.1. The van der Waals surface area contributed by atoms with Crippen molar-refractivity contribution in [2.45, 2.75) is 19.9 Å². The molecule has 2 aromatic heterocycles. The molecule has 1 N–H and O–H groups in total. The van der Waals surface area contributed by atoms with Crippen molar-refractivity contribution < 1.29 is 9.53 Å². The summed E-state index contributed by atoms with van der Waals surface area (Å²) in [4.78, 5) is 17.0. The van der Waals surface area contributed by atoms with Crippen molar-refractivity contribution in [3.8, 4) is 5.75 Å². The molecule has 0 radical (unpaired) electrons. The maximum Gasteiger partial charge on any atom is 0.270 e. The van der Waals surface area contributed by atoms with Gasteiger partial charge in [0, 0.05) is 30.3 Å². The number of aryl methyl sites for hydroxylation is 1. The largest absolute Gasteiger partial charge is 0.493 e. The summed E-state index contributed by atoms with van der Waals surface area (Å²) in [6.45, 7) is 3.02. The van der Waals surface area contributed by atoms with Gasteiger partial charge in [-0.05, 0) is 30.2 Å². The molecule has 0 bridgehead atoms. The van der Waals surface area contributed by atoms with E-state index in [-0.39, 0.29) is 5.91 Å². The van der Waals surface area contributed by atoms with Gasteiger partial charge in [-0.3, -0.25) is 9.20 Å². The van der Waals surface area contributed by atoms with E-state index in [4.69, 9.17) is 16.3 Å². The Hall–Kier alpha value is -2.53. The maximum absolute atomic E-state index is 12.6. The van der Waals surface area contributed by atoms with E-state index in [1.807, 2.05) is 19.1 Å². The van der Waals surface area contributed by atoms with Crippen molar-refractivity contribution in [3.05, 3.63) is 64.1 Å². The second-order valence-corrected chi connectivity index (χ2v) is 6.28. The van der Waals surface area contributed by atoms with Gasteiger partial charge in [-0.2, -0.15) is 0 Å². The number of aromatic nitrogens is 2. The van der Waals surface area contributed by atoms with Crippen LogP contribution in [0.4, 0.5) is 0 Å². The summed E-state index contributed by atoms with van der Waals surface area (Å²) >= 11 is 5.98. The molecule has 1 aliphatic rings. The average molecular weight is 342 g/mol. The van der Waals surface area contributed by atoms with Crippen LogP contribution in [0, 0.1) is 6.92 Å². The number of rotatable bonds is 3. The number of halogens is 1. The van der Waals surface area contributed by atoms with Gasteiger partial charge in [0.05, 0.1) is 12.3 Å². The minimum atomic E-state index is -0.154. The zero-order valence-corrected chi connectivity index (χ0v) is 13.9. The van der Waals surface area contributed by atoms with Crippen LogP contribution >= 0.6 is 11.6 Å². The Bertz CT molecular complexity index is 949. The van der Waals surface area contributed by atoms with Crippen molar-refractivity contribution >= 4 is 23.2 Å². The SMILES string of the molecule is Cc1nc2cc(Cl)ccn2c1C(=O)NCc1ccc2c(c1)CCO2. The first-order valence-electron chi connectivity index (χ1n) is 7.79. The van der Waals surface area contributed by atoms with Gasteiger partial charge in [-0.25, -0.2) is 4.98 Å². The number of nitrogens with zero attached hydrogens (tertiary/aromatic N) is 2. The minimum Gasteiger partial charge on any atom is -0.493 e. The number of carbonyl (C=O) groups is 1. The zero-order valence-electron chi connectivity index (χ0n) is 13.2. The molecule has 5 nitrogen and oxygen atoms in total. The average Bonchev–Trinajstić information content (AvgIpc) is 3.14. The van der Waals surface area contributed by atoms with Crippen molar-refractivity contribution in [2.75, 3.05) is 6.61 Å². The van der Waals surface area contributed by atoms with E-state index >= 15 is 0 Å². The van der Waals surface area contributed by atoms with E-state index in [1.165, 1.54) is 5.56 Å². The number of ether oxygens (including phenoxy) is 1. The van der Waals surface area contributed by atoms with Gasteiger partial charge in [0.25, 0.3) is 5.91 Å². The van der Waals surface area contributed by atoms with Crippen molar-refractivity contribution in [1.29, 1.82) is 0 Å². The Balaban J connectivity index is 1.55. The molecule has 1 amide bonds. The molecular formula is C18H16ClN3O2. The molecule has 24 heavy (non-hydrogen) atoms. The molecule has 4 rings (SSSR count). The zero-order chi connectivity index (χ0) is 16.7. The van der Waals surface area contributed by atoms with Gasteiger partial charge in [0.15, 0.2) is 0 Å². The Morgan fingerprint density at radius 1 is 1.38 bits per heavy atom. The van der Waals surface area contributed by atoms with Gasteiger partial charge < -0.3 is 10.1 Å². The van der Waals surface area contributed by atoms with E-state index in [9.17, 15) is 4.79 Å². The van der Waals surface area contributed by atoms with E-state index in [1.54, 1.807) is 22.7 Å². The van der Waals surface area contributed by atoms with Crippen LogP contribution < -0.4 is 10.1 Å². The number of nitrogens with one attached hydrogen (secondary N) is 1. The molecular weight excluding hydrogens is 326 g/mol. The van der Waals surface area contributed by atoms with Crippen LogP contribution in [0.5, 0.6) is 5.75 Å². The molecule has 3 heterocycles. The monoisotopic (exact) mass is 341 g/mol. The van der Waals surface area contributed by atoms with E-state index in [2.05, 4.69) is 16.4 Å². The third-order valence-corrected chi connectivity index (χ3v) is 4.42. The number of hydrogen-bond donors (Lipinski definition) is 1. The third-order valence-electron chi connectivity index (χ3n) is 4.18. The summed E-state index contributed by atoms with van der Waals surface area (Å²) < 4.78 is 7.26. The fourth-order valence-electron chi connectivity index (χ4n) is 3.03. The summed E-state index contributed by atoms with van der Waals surface area (Å²) in [6.07, 6.45) is 2.68. The standard InChI is InChI=1S/C18H16ClN3O2/c1-11-17(22-6-4-14(19)9-16(22)21-11)18(23)20-10-12-2-3-15-13(8-12)5-7-24-15/h2-4,6,8-9H,5,7,10H2,1H3,(H,20,23). The van der Waals surface area contributed by atoms with Crippen LogP contribution in [-0.4, -0.2) is 21.9 Å². The lowest BCUT2D eigenvalue weighted by Crippen LogP contribution is -2.25. The van der Waals surface area contributed by atoms with Crippen LogP contribution in [0.1, 0.15) is 27.3 Å². The molecule has 3 aromatic rings.